The molecule has 1 saturated heterocycles. The van der Waals surface area contributed by atoms with Crippen LogP contribution in [-0.4, -0.2) is 30.1 Å². The molecule has 1 heterocycles. The molecule has 2 atom stereocenters. The van der Waals surface area contributed by atoms with Crippen LogP contribution in [0.2, 0.25) is 0 Å². The summed E-state index contributed by atoms with van der Waals surface area (Å²) in [5.41, 5.74) is 6.16. The number of likely N-dealkylation sites (tertiary alicyclic amines) is 1. The third-order valence-electron chi connectivity index (χ3n) is 4.96. The molecule has 94 valence electrons. The molecule has 16 heavy (non-hydrogen) atoms. The van der Waals surface area contributed by atoms with Gasteiger partial charge in [-0.1, -0.05) is 27.2 Å². The van der Waals surface area contributed by atoms with Gasteiger partial charge in [0.05, 0.1) is 0 Å². The van der Waals surface area contributed by atoms with Crippen molar-refractivity contribution in [2.75, 3.05) is 13.1 Å². The molecule has 0 aromatic rings. The monoisotopic (exact) mass is 224 g/mol. The molecular weight excluding hydrogens is 196 g/mol. The van der Waals surface area contributed by atoms with Gasteiger partial charge >= 0.3 is 0 Å². The fourth-order valence-corrected chi connectivity index (χ4v) is 3.31. The number of hydrogen-bond acceptors (Lipinski definition) is 2. The van der Waals surface area contributed by atoms with E-state index in [0.717, 1.165) is 23.8 Å². The van der Waals surface area contributed by atoms with E-state index < -0.39 is 0 Å². The van der Waals surface area contributed by atoms with Crippen LogP contribution in [0.3, 0.4) is 0 Å². The molecule has 0 radical (unpaired) electrons. The van der Waals surface area contributed by atoms with Crippen molar-refractivity contribution in [3.8, 4) is 0 Å². The molecule has 0 amide bonds. The summed E-state index contributed by atoms with van der Waals surface area (Å²) in [4.78, 5) is 2.72. The first-order chi connectivity index (χ1) is 7.61. The fraction of sp³-hybridized carbons (Fsp3) is 1.00. The smallest absolute Gasteiger partial charge is 0.0101 e. The third-order valence-corrected chi connectivity index (χ3v) is 4.96. The van der Waals surface area contributed by atoms with Crippen molar-refractivity contribution >= 4 is 0 Å². The van der Waals surface area contributed by atoms with Gasteiger partial charge < -0.3 is 5.73 Å². The summed E-state index contributed by atoms with van der Waals surface area (Å²) in [7, 11) is 0. The standard InChI is InChI=1S/C14H28N2/c1-4-11-9-16(6-5-14(11)15)13-7-12(8-13)10(2)3/h10-14H,4-9,15H2,1-3H3. The quantitative estimate of drug-likeness (QED) is 0.798. The Morgan fingerprint density at radius 1 is 1.31 bits per heavy atom. The van der Waals surface area contributed by atoms with Crippen molar-refractivity contribution in [1.82, 2.24) is 4.90 Å². The molecule has 2 unspecified atom stereocenters. The molecule has 2 nitrogen and oxygen atoms in total. The molecule has 1 aliphatic heterocycles. The second kappa shape index (κ2) is 5.05. The molecule has 2 rings (SSSR count). The van der Waals surface area contributed by atoms with Gasteiger partial charge in [0.2, 0.25) is 0 Å². The van der Waals surface area contributed by atoms with Gasteiger partial charge in [-0.25, -0.2) is 0 Å². The van der Waals surface area contributed by atoms with Crippen LogP contribution in [0.15, 0.2) is 0 Å². The fourth-order valence-electron chi connectivity index (χ4n) is 3.31. The number of nitrogens with two attached hydrogens (primary N) is 1. The molecule has 2 N–H and O–H groups in total. The van der Waals surface area contributed by atoms with Crippen molar-refractivity contribution in [2.24, 2.45) is 23.5 Å². The number of hydrogen-bond donors (Lipinski definition) is 1. The highest BCUT2D eigenvalue weighted by molar-refractivity contribution is 4.92. The van der Waals surface area contributed by atoms with Crippen LogP contribution in [0.1, 0.15) is 46.5 Å². The first kappa shape index (κ1) is 12.4. The Hall–Kier alpha value is -0.0800. The van der Waals surface area contributed by atoms with E-state index in [2.05, 4.69) is 25.7 Å². The van der Waals surface area contributed by atoms with Gasteiger partial charge in [0, 0.05) is 18.6 Å². The minimum atomic E-state index is 0.460. The van der Waals surface area contributed by atoms with Crippen LogP contribution in [0.4, 0.5) is 0 Å². The summed E-state index contributed by atoms with van der Waals surface area (Å²) < 4.78 is 0. The Morgan fingerprint density at radius 2 is 2.00 bits per heavy atom. The SMILES string of the molecule is CCC1CN(C2CC(C(C)C)C2)CCC1N. The van der Waals surface area contributed by atoms with E-state index in [1.54, 1.807) is 0 Å². The topological polar surface area (TPSA) is 29.3 Å². The van der Waals surface area contributed by atoms with Crippen molar-refractivity contribution in [2.45, 2.75) is 58.5 Å². The maximum atomic E-state index is 6.16. The van der Waals surface area contributed by atoms with Gasteiger partial charge in [-0.05, 0) is 43.6 Å². The normalized spacial score (nSPS) is 41.1. The van der Waals surface area contributed by atoms with Crippen molar-refractivity contribution in [1.29, 1.82) is 0 Å². The molecule has 0 bridgehead atoms. The Balaban J connectivity index is 1.80. The molecule has 0 aromatic heterocycles. The van der Waals surface area contributed by atoms with Gasteiger partial charge in [0.1, 0.15) is 0 Å². The average Bonchev–Trinajstić information content (AvgIpc) is 2.17. The van der Waals surface area contributed by atoms with Gasteiger partial charge in [0.25, 0.3) is 0 Å². The maximum absolute atomic E-state index is 6.16. The first-order valence-corrected chi connectivity index (χ1v) is 7.11. The summed E-state index contributed by atoms with van der Waals surface area (Å²) in [6.45, 7) is 9.51. The Bertz CT molecular complexity index is 221. The Morgan fingerprint density at radius 3 is 2.56 bits per heavy atom. The van der Waals surface area contributed by atoms with E-state index in [1.165, 1.54) is 38.8 Å². The van der Waals surface area contributed by atoms with Crippen LogP contribution in [0.25, 0.3) is 0 Å². The van der Waals surface area contributed by atoms with E-state index in [0.29, 0.717) is 6.04 Å². The predicted molar refractivity (Wildman–Crippen MR) is 69.3 cm³/mol. The minimum absolute atomic E-state index is 0.460. The minimum Gasteiger partial charge on any atom is -0.327 e. The van der Waals surface area contributed by atoms with E-state index in [-0.39, 0.29) is 0 Å². The lowest BCUT2D eigenvalue weighted by Crippen LogP contribution is -2.54. The van der Waals surface area contributed by atoms with Crippen molar-refractivity contribution < 1.29 is 0 Å². The highest BCUT2D eigenvalue weighted by Gasteiger charge is 2.37. The molecular formula is C14H28N2. The second-order valence-electron chi connectivity index (χ2n) is 6.25. The van der Waals surface area contributed by atoms with E-state index >= 15 is 0 Å². The van der Waals surface area contributed by atoms with Crippen LogP contribution in [0.5, 0.6) is 0 Å². The average molecular weight is 224 g/mol. The molecule has 2 fully saturated rings. The lowest BCUT2D eigenvalue weighted by atomic mass is 9.72. The molecule has 0 aromatic carbocycles. The second-order valence-corrected chi connectivity index (χ2v) is 6.25. The van der Waals surface area contributed by atoms with Crippen LogP contribution >= 0.6 is 0 Å². The Kier molecular flexibility index (Phi) is 3.91. The van der Waals surface area contributed by atoms with Gasteiger partial charge in [-0.3, -0.25) is 4.90 Å². The van der Waals surface area contributed by atoms with Crippen LogP contribution < -0.4 is 5.73 Å². The summed E-state index contributed by atoms with van der Waals surface area (Å²) in [5, 5.41) is 0. The van der Waals surface area contributed by atoms with E-state index in [1.807, 2.05) is 0 Å². The molecule has 0 spiro atoms. The van der Waals surface area contributed by atoms with Crippen LogP contribution in [-0.2, 0) is 0 Å². The van der Waals surface area contributed by atoms with Gasteiger partial charge in [-0.2, -0.15) is 0 Å². The van der Waals surface area contributed by atoms with Crippen molar-refractivity contribution in [3.05, 3.63) is 0 Å². The van der Waals surface area contributed by atoms with Gasteiger partial charge in [0.15, 0.2) is 0 Å². The van der Waals surface area contributed by atoms with Crippen LogP contribution in [0, 0.1) is 17.8 Å². The zero-order valence-electron chi connectivity index (χ0n) is 11.2. The highest BCUT2D eigenvalue weighted by atomic mass is 15.2. The Labute approximate surface area is 101 Å². The number of rotatable bonds is 3. The molecule has 2 aliphatic rings. The largest absolute Gasteiger partial charge is 0.327 e. The molecule has 1 aliphatic carbocycles. The first-order valence-electron chi connectivity index (χ1n) is 7.11. The third kappa shape index (κ3) is 2.43. The zero-order valence-corrected chi connectivity index (χ0v) is 11.2. The number of piperidine rings is 1. The number of nitrogens with zero attached hydrogens (tertiary/aromatic N) is 1. The lowest BCUT2D eigenvalue weighted by Gasteiger charge is -2.48. The van der Waals surface area contributed by atoms with Gasteiger partial charge in [-0.15, -0.1) is 0 Å². The summed E-state index contributed by atoms with van der Waals surface area (Å²) in [6.07, 6.45) is 5.33. The van der Waals surface area contributed by atoms with E-state index in [9.17, 15) is 0 Å². The zero-order chi connectivity index (χ0) is 11.7. The maximum Gasteiger partial charge on any atom is 0.0101 e. The highest BCUT2D eigenvalue weighted by Crippen LogP contribution is 2.38. The lowest BCUT2D eigenvalue weighted by molar-refractivity contribution is 0.0198. The summed E-state index contributed by atoms with van der Waals surface area (Å²) >= 11 is 0. The van der Waals surface area contributed by atoms with Crippen molar-refractivity contribution in [3.63, 3.8) is 0 Å². The summed E-state index contributed by atoms with van der Waals surface area (Å²) in [5.74, 6) is 2.61. The molecule has 1 saturated carbocycles. The predicted octanol–water partition coefficient (Wildman–Crippen LogP) is 2.48. The van der Waals surface area contributed by atoms with E-state index in [4.69, 9.17) is 5.73 Å². The molecule has 2 heteroatoms. The summed E-state index contributed by atoms with van der Waals surface area (Å²) in [6, 6.07) is 1.34.